The minimum Gasteiger partial charge on any atom is -0.507 e. The molecule has 116 valence electrons. The van der Waals surface area contributed by atoms with Gasteiger partial charge in [-0.25, -0.2) is 9.59 Å². The van der Waals surface area contributed by atoms with Gasteiger partial charge < -0.3 is 25.5 Å². The molecule has 0 heterocycles. The predicted molar refractivity (Wildman–Crippen MR) is 77.7 cm³/mol. The summed E-state index contributed by atoms with van der Waals surface area (Å²) in [6.07, 6.45) is 2.31. The van der Waals surface area contributed by atoms with E-state index in [0.29, 0.717) is 18.7 Å². The summed E-state index contributed by atoms with van der Waals surface area (Å²) in [5, 5.41) is 29.5. The quantitative estimate of drug-likeness (QED) is 0.452. The van der Waals surface area contributed by atoms with E-state index in [1.165, 1.54) is 23.1 Å². The standard InChI is InChI=1S/C14H20N2O5/c1-16(7-3-2-4-8-17)14(21)15-10-5-6-12(18)11(9-10)13(19)20/h5-6,9,17-18H,2-4,7-8H2,1H3,(H,15,21)(H,19,20). The fourth-order valence-electron chi connectivity index (χ4n) is 1.74. The number of aliphatic hydroxyl groups is 1. The molecule has 7 heteroatoms. The highest BCUT2D eigenvalue weighted by Gasteiger charge is 2.13. The molecule has 0 aromatic heterocycles. The largest absolute Gasteiger partial charge is 0.507 e. The Hall–Kier alpha value is -2.28. The van der Waals surface area contributed by atoms with Gasteiger partial charge in [0, 0.05) is 25.9 Å². The number of hydrogen-bond acceptors (Lipinski definition) is 4. The number of hydrogen-bond donors (Lipinski definition) is 4. The van der Waals surface area contributed by atoms with Crippen LogP contribution in [0.25, 0.3) is 0 Å². The molecular weight excluding hydrogens is 276 g/mol. The van der Waals surface area contributed by atoms with Gasteiger partial charge in [-0.15, -0.1) is 0 Å². The Kier molecular flexibility index (Phi) is 6.48. The van der Waals surface area contributed by atoms with Gasteiger partial charge in [0.15, 0.2) is 0 Å². The van der Waals surface area contributed by atoms with E-state index in [1.807, 2.05) is 0 Å². The number of carbonyl (C=O) groups excluding carboxylic acids is 1. The number of anilines is 1. The first kappa shape index (κ1) is 16.8. The number of urea groups is 1. The topological polar surface area (TPSA) is 110 Å². The summed E-state index contributed by atoms with van der Waals surface area (Å²) in [7, 11) is 1.63. The van der Waals surface area contributed by atoms with Crippen LogP contribution < -0.4 is 5.32 Å². The Labute approximate surface area is 122 Å². The second-order valence-corrected chi connectivity index (χ2v) is 4.67. The molecule has 0 bridgehead atoms. The summed E-state index contributed by atoms with van der Waals surface area (Å²) in [5.41, 5.74) is 0.0378. The van der Waals surface area contributed by atoms with Crippen LogP contribution in [-0.2, 0) is 0 Å². The van der Waals surface area contributed by atoms with Gasteiger partial charge in [0.1, 0.15) is 11.3 Å². The third kappa shape index (κ3) is 5.31. The molecule has 1 aromatic rings. The lowest BCUT2D eigenvalue weighted by Gasteiger charge is -2.18. The van der Waals surface area contributed by atoms with E-state index in [1.54, 1.807) is 7.05 Å². The zero-order valence-corrected chi connectivity index (χ0v) is 11.9. The Morgan fingerprint density at radius 3 is 2.57 bits per heavy atom. The highest BCUT2D eigenvalue weighted by molar-refractivity contribution is 5.95. The summed E-state index contributed by atoms with van der Waals surface area (Å²) < 4.78 is 0. The molecule has 21 heavy (non-hydrogen) atoms. The van der Waals surface area contributed by atoms with Gasteiger partial charge in [0.05, 0.1) is 0 Å². The van der Waals surface area contributed by atoms with Gasteiger partial charge in [-0.05, 0) is 37.5 Å². The Morgan fingerprint density at radius 1 is 1.24 bits per heavy atom. The predicted octanol–water partition coefficient (Wildman–Crippen LogP) is 1.72. The summed E-state index contributed by atoms with van der Waals surface area (Å²) in [6.45, 7) is 0.678. The van der Waals surface area contributed by atoms with E-state index in [4.69, 9.17) is 10.2 Å². The first-order valence-corrected chi connectivity index (χ1v) is 6.65. The van der Waals surface area contributed by atoms with Crippen molar-refractivity contribution in [2.75, 3.05) is 25.5 Å². The van der Waals surface area contributed by atoms with E-state index in [0.717, 1.165) is 12.8 Å². The number of rotatable bonds is 7. The normalized spacial score (nSPS) is 10.2. The first-order chi connectivity index (χ1) is 9.95. The van der Waals surface area contributed by atoms with Crippen LogP contribution in [0.4, 0.5) is 10.5 Å². The number of amides is 2. The average molecular weight is 296 g/mol. The maximum Gasteiger partial charge on any atom is 0.339 e. The van der Waals surface area contributed by atoms with E-state index in [-0.39, 0.29) is 24.0 Å². The van der Waals surface area contributed by atoms with Gasteiger partial charge in [-0.3, -0.25) is 0 Å². The lowest BCUT2D eigenvalue weighted by atomic mass is 10.2. The molecule has 0 aliphatic carbocycles. The number of carbonyl (C=O) groups is 2. The number of aliphatic hydroxyl groups excluding tert-OH is 1. The minimum absolute atomic E-state index is 0.140. The SMILES string of the molecule is CN(CCCCCO)C(=O)Nc1ccc(O)c(C(=O)O)c1. The zero-order valence-electron chi connectivity index (χ0n) is 11.9. The van der Waals surface area contributed by atoms with Crippen molar-refractivity contribution in [3.63, 3.8) is 0 Å². The molecule has 0 fully saturated rings. The summed E-state index contributed by atoms with van der Waals surface area (Å²) in [4.78, 5) is 24.3. The minimum atomic E-state index is -1.26. The highest BCUT2D eigenvalue weighted by atomic mass is 16.4. The number of phenols is 1. The average Bonchev–Trinajstić information content (AvgIpc) is 2.45. The molecule has 0 saturated heterocycles. The van der Waals surface area contributed by atoms with E-state index in [2.05, 4.69) is 5.32 Å². The maximum atomic E-state index is 11.9. The fraction of sp³-hybridized carbons (Fsp3) is 0.429. The van der Waals surface area contributed by atoms with Gasteiger partial charge in [0.25, 0.3) is 0 Å². The molecule has 2 amide bonds. The maximum absolute atomic E-state index is 11.9. The molecule has 7 nitrogen and oxygen atoms in total. The number of benzene rings is 1. The number of carboxylic acids is 1. The number of nitrogens with zero attached hydrogens (tertiary/aromatic N) is 1. The molecule has 0 saturated carbocycles. The third-order valence-corrected chi connectivity index (χ3v) is 2.98. The fourth-order valence-corrected chi connectivity index (χ4v) is 1.74. The van der Waals surface area contributed by atoms with E-state index >= 15 is 0 Å². The summed E-state index contributed by atoms with van der Waals surface area (Å²) >= 11 is 0. The van der Waals surface area contributed by atoms with Crippen LogP contribution in [0, 0.1) is 0 Å². The van der Waals surface area contributed by atoms with Crippen LogP contribution in [0.3, 0.4) is 0 Å². The summed E-state index contributed by atoms with van der Waals surface area (Å²) in [5.74, 6) is -1.61. The van der Waals surface area contributed by atoms with Crippen LogP contribution >= 0.6 is 0 Å². The van der Waals surface area contributed by atoms with Gasteiger partial charge in [-0.2, -0.15) is 0 Å². The van der Waals surface area contributed by atoms with Gasteiger partial charge >= 0.3 is 12.0 Å². The number of unbranched alkanes of at least 4 members (excludes halogenated alkanes) is 2. The zero-order chi connectivity index (χ0) is 15.8. The van der Waals surface area contributed by atoms with E-state index < -0.39 is 5.97 Å². The third-order valence-electron chi connectivity index (χ3n) is 2.98. The highest BCUT2D eigenvalue weighted by Crippen LogP contribution is 2.21. The van der Waals surface area contributed by atoms with Crippen molar-refractivity contribution < 1.29 is 24.9 Å². The lowest BCUT2D eigenvalue weighted by Crippen LogP contribution is -2.32. The Morgan fingerprint density at radius 2 is 1.95 bits per heavy atom. The van der Waals surface area contributed by atoms with Crippen molar-refractivity contribution in [3.8, 4) is 5.75 Å². The molecule has 0 aliphatic rings. The molecule has 0 radical (unpaired) electrons. The first-order valence-electron chi connectivity index (χ1n) is 6.65. The summed E-state index contributed by atoms with van der Waals surface area (Å²) in [6, 6.07) is 3.50. The van der Waals surface area contributed by atoms with Crippen molar-refractivity contribution in [2.45, 2.75) is 19.3 Å². The molecule has 4 N–H and O–H groups in total. The van der Waals surface area contributed by atoms with Crippen molar-refractivity contribution in [3.05, 3.63) is 23.8 Å². The number of aromatic carboxylic acids is 1. The molecule has 0 spiro atoms. The van der Waals surface area contributed by atoms with Crippen LogP contribution in [0.15, 0.2) is 18.2 Å². The van der Waals surface area contributed by atoms with Crippen LogP contribution in [0.5, 0.6) is 5.75 Å². The second kappa shape index (κ2) is 8.11. The molecular formula is C14H20N2O5. The lowest BCUT2D eigenvalue weighted by molar-refractivity contribution is 0.0693. The van der Waals surface area contributed by atoms with Crippen LogP contribution in [0.1, 0.15) is 29.6 Å². The second-order valence-electron chi connectivity index (χ2n) is 4.67. The van der Waals surface area contributed by atoms with Crippen molar-refractivity contribution in [2.24, 2.45) is 0 Å². The smallest absolute Gasteiger partial charge is 0.339 e. The molecule has 0 atom stereocenters. The van der Waals surface area contributed by atoms with Crippen molar-refractivity contribution in [1.82, 2.24) is 4.90 Å². The van der Waals surface area contributed by atoms with Gasteiger partial charge in [-0.1, -0.05) is 0 Å². The van der Waals surface area contributed by atoms with Gasteiger partial charge in [0.2, 0.25) is 0 Å². The van der Waals surface area contributed by atoms with Crippen LogP contribution in [-0.4, -0.2) is 52.4 Å². The Bertz CT molecular complexity index is 504. The van der Waals surface area contributed by atoms with Crippen LogP contribution in [0.2, 0.25) is 0 Å². The monoisotopic (exact) mass is 296 g/mol. The molecule has 1 rings (SSSR count). The number of nitrogens with one attached hydrogen (secondary N) is 1. The number of carboxylic acid groups (broad SMARTS) is 1. The Balaban J connectivity index is 2.58. The number of aromatic hydroxyl groups is 1. The van der Waals surface area contributed by atoms with Crippen molar-refractivity contribution >= 4 is 17.7 Å². The van der Waals surface area contributed by atoms with Crippen molar-refractivity contribution in [1.29, 1.82) is 0 Å². The molecule has 0 aliphatic heterocycles. The molecule has 0 unspecified atom stereocenters. The molecule has 1 aromatic carbocycles. The van der Waals surface area contributed by atoms with E-state index in [9.17, 15) is 14.7 Å².